The first-order valence-corrected chi connectivity index (χ1v) is 7.24. The number of amides is 1. The molecule has 1 saturated heterocycles. The number of nitrogens with one attached hydrogen (secondary N) is 1. The fraction of sp³-hybridized carbons (Fsp3) is 0.714. The zero-order valence-electron chi connectivity index (χ0n) is 11.5. The van der Waals surface area contributed by atoms with Crippen LogP contribution in [0.3, 0.4) is 0 Å². The number of carbonyl (C=O) groups excluding carboxylic acids is 1. The number of imidazole rings is 1. The van der Waals surface area contributed by atoms with Crippen LogP contribution in [0.1, 0.15) is 31.5 Å². The van der Waals surface area contributed by atoms with Crippen molar-refractivity contribution >= 4 is 5.91 Å². The molecule has 0 unspecified atom stereocenters. The lowest BCUT2D eigenvalue weighted by atomic mass is 10.0. The van der Waals surface area contributed by atoms with Gasteiger partial charge in [0.2, 0.25) is 5.91 Å². The van der Waals surface area contributed by atoms with E-state index in [1.807, 2.05) is 12.4 Å². The van der Waals surface area contributed by atoms with Crippen molar-refractivity contribution in [3.63, 3.8) is 0 Å². The maximum absolute atomic E-state index is 12.3. The minimum Gasteiger partial charge on any atom is -0.350 e. The molecule has 0 radical (unpaired) electrons. The third kappa shape index (κ3) is 2.66. The van der Waals surface area contributed by atoms with Crippen LogP contribution < -0.4 is 5.32 Å². The fourth-order valence-corrected chi connectivity index (χ4v) is 3.19. The van der Waals surface area contributed by atoms with Crippen LogP contribution in [0.2, 0.25) is 0 Å². The van der Waals surface area contributed by atoms with Gasteiger partial charge in [-0.2, -0.15) is 0 Å². The summed E-state index contributed by atoms with van der Waals surface area (Å²) in [5.41, 5.74) is 0. The summed E-state index contributed by atoms with van der Waals surface area (Å²) < 4.78 is 2.15. The van der Waals surface area contributed by atoms with E-state index in [0.29, 0.717) is 0 Å². The predicted molar refractivity (Wildman–Crippen MR) is 72.7 cm³/mol. The van der Waals surface area contributed by atoms with E-state index in [0.717, 1.165) is 38.2 Å². The Bertz CT molecular complexity index is 456. The maximum Gasteiger partial charge on any atom is 0.237 e. The van der Waals surface area contributed by atoms with Crippen LogP contribution >= 0.6 is 0 Å². The Balaban J connectivity index is 1.58. The van der Waals surface area contributed by atoms with Crippen molar-refractivity contribution in [2.45, 2.75) is 50.7 Å². The van der Waals surface area contributed by atoms with Gasteiger partial charge in [-0.1, -0.05) is 6.42 Å². The summed E-state index contributed by atoms with van der Waals surface area (Å²) in [6.07, 6.45) is 9.17. The van der Waals surface area contributed by atoms with Crippen molar-refractivity contribution in [2.75, 3.05) is 13.6 Å². The Kier molecular flexibility index (Phi) is 3.55. The number of aryl methyl sites for hydroxylation is 1. The molecule has 2 aliphatic rings. The Labute approximate surface area is 114 Å². The van der Waals surface area contributed by atoms with Crippen LogP contribution in [0.25, 0.3) is 0 Å². The summed E-state index contributed by atoms with van der Waals surface area (Å²) in [4.78, 5) is 18.8. The number of likely N-dealkylation sites (N-methyl/N-ethyl adjacent to an activating group) is 1. The predicted octanol–water partition coefficient (Wildman–Crippen LogP) is 0.798. The summed E-state index contributed by atoms with van der Waals surface area (Å²) in [7, 11) is 2.05. The first kappa shape index (κ1) is 12.7. The van der Waals surface area contributed by atoms with Crippen LogP contribution in [0.15, 0.2) is 12.4 Å². The average Bonchev–Trinajstić information content (AvgIpc) is 2.86. The van der Waals surface area contributed by atoms with E-state index < -0.39 is 0 Å². The van der Waals surface area contributed by atoms with Gasteiger partial charge in [-0.15, -0.1) is 0 Å². The summed E-state index contributed by atoms with van der Waals surface area (Å²) in [5.74, 6) is 1.34. The molecule has 0 bridgehead atoms. The number of carbonyl (C=O) groups is 1. The molecule has 2 aliphatic heterocycles. The van der Waals surface area contributed by atoms with Crippen LogP contribution in [0.4, 0.5) is 0 Å². The van der Waals surface area contributed by atoms with Crippen molar-refractivity contribution in [2.24, 2.45) is 0 Å². The zero-order chi connectivity index (χ0) is 13.2. The second-order valence-electron chi connectivity index (χ2n) is 5.73. The molecule has 2 atom stereocenters. The summed E-state index contributed by atoms with van der Waals surface area (Å²) in [6.45, 7) is 1.89. The molecule has 104 valence electrons. The molecular weight excluding hydrogens is 240 g/mol. The van der Waals surface area contributed by atoms with E-state index in [1.165, 1.54) is 12.8 Å². The number of aromatic nitrogens is 2. The highest BCUT2D eigenvalue weighted by Gasteiger charge is 2.28. The standard InChI is InChI=1S/C14H22N4O/c1-17-8-3-2-4-12(17)14(19)16-11-5-6-13-15-7-9-18(13)10-11/h7,9,11-12H,2-6,8,10H2,1H3,(H,16,19)/t11-,12+/m1/s1. The minimum atomic E-state index is 0.0675. The van der Waals surface area contributed by atoms with E-state index in [4.69, 9.17) is 0 Å². The second-order valence-corrected chi connectivity index (χ2v) is 5.73. The summed E-state index contributed by atoms with van der Waals surface area (Å²) in [6, 6.07) is 0.322. The van der Waals surface area contributed by atoms with Gasteiger partial charge < -0.3 is 9.88 Å². The van der Waals surface area contributed by atoms with Gasteiger partial charge in [-0.25, -0.2) is 4.98 Å². The third-order valence-electron chi connectivity index (χ3n) is 4.35. The average molecular weight is 262 g/mol. The molecule has 19 heavy (non-hydrogen) atoms. The van der Waals surface area contributed by atoms with Gasteiger partial charge in [0.25, 0.3) is 0 Å². The number of likely N-dealkylation sites (tertiary alicyclic amines) is 1. The highest BCUT2D eigenvalue weighted by atomic mass is 16.2. The molecule has 0 aromatic carbocycles. The van der Waals surface area contributed by atoms with Crippen molar-refractivity contribution < 1.29 is 4.79 Å². The number of nitrogens with zero attached hydrogens (tertiary/aromatic N) is 3. The van der Waals surface area contributed by atoms with Gasteiger partial charge >= 0.3 is 0 Å². The topological polar surface area (TPSA) is 50.2 Å². The van der Waals surface area contributed by atoms with E-state index >= 15 is 0 Å². The van der Waals surface area contributed by atoms with Crippen LogP contribution in [0.5, 0.6) is 0 Å². The minimum absolute atomic E-state index is 0.0675. The molecular formula is C14H22N4O. The van der Waals surface area contributed by atoms with Crippen LogP contribution in [0, 0.1) is 0 Å². The van der Waals surface area contributed by atoms with Gasteiger partial charge in [-0.3, -0.25) is 9.69 Å². The Morgan fingerprint density at radius 3 is 3.16 bits per heavy atom. The number of hydrogen-bond donors (Lipinski definition) is 1. The van der Waals surface area contributed by atoms with Gasteiger partial charge in [-0.05, 0) is 32.9 Å². The lowest BCUT2D eigenvalue weighted by molar-refractivity contribution is -0.128. The monoisotopic (exact) mass is 262 g/mol. The van der Waals surface area contributed by atoms with Crippen LogP contribution in [-0.2, 0) is 17.8 Å². The molecule has 1 amide bonds. The molecule has 5 heteroatoms. The van der Waals surface area contributed by atoms with Crippen molar-refractivity contribution in [3.8, 4) is 0 Å². The van der Waals surface area contributed by atoms with Crippen LogP contribution in [-0.4, -0.2) is 46.0 Å². The molecule has 1 aromatic heterocycles. The molecule has 5 nitrogen and oxygen atoms in total. The Morgan fingerprint density at radius 2 is 2.32 bits per heavy atom. The van der Waals surface area contributed by atoms with E-state index in [-0.39, 0.29) is 18.0 Å². The maximum atomic E-state index is 12.3. The highest BCUT2D eigenvalue weighted by Crippen LogP contribution is 2.17. The molecule has 0 saturated carbocycles. The highest BCUT2D eigenvalue weighted by molar-refractivity contribution is 5.82. The molecule has 1 aromatic rings. The van der Waals surface area contributed by atoms with E-state index in [9.17, 15) is 4.79 Å². The molecule has 0 aliphatic carbocycles. The van der Waals surface area contributed by atoms with E-state index in [2.05, 4.69) is 26.8 Å². The first-order chi connectivity index (χ1) is 9.24. The fourth-order valence-electron chi connectivity index (χ4n) is 3.19. The van der Waals surface area contributed by atoms with Gasteiger partial charge in [0.05, 0.1) is 6.04 Å². The molecule has 1 fully saturated rings. The third-order valence-corrected chi connectivity index (χ3v) is 4.35. The van der Waals surface area contributed by atoms with Crippen molar-refractivity contribution in [1.29, 1.82) is 0 Å². The summed E-state index contributed by atoms with van der Waals surface area (Å²) in [5, 5.41) is 3.22. The molecule has 3 heterocycles. The number of piperidine rings is 1. The lowest BCUT2D eigenvalue weighted by Gasteiger charge is -2.33. The molecule has 3 rings (SSSR count). The first-order valence-electron chi connectivity index (χ1n) is 7.24. The zero-order valence-corrected chi connectivity index (χ0v) is 11.5. The largest absolute Gasteiger partial charge is 0.350 e. The molecule has 1 N–H and O–H groups in total. The number of hydrogen-bond acceptors (Lipinski definition) is 3. The van der Waals surface area contributed by atoms with Crippen molar-refractivity contribution in [1.82, 2.24) is 19.8 Å². The van der Waals surface area contributed by atoms with Gasteiger partial charge in [0.15, 0.2) is 0 Å². The van der Waals surface area contributed by atoms with Gasteiger partial charge in [0, 0.05) is 31.4 Å². The number of rotatable bonds is 2. The quantitative estimate of drug-likeness (QED) is 0.857. The van der Waals surface area contributed by atoms with Crippen molar-refractivity contribution in [3.05, 3.63) is 18.2 Å². The number of fused-ring (bicyclic) bond motifs is 1. The lowest BCUT2D eigenvalue weighted by Crippen LogP contribution is -2.51. The Morgan fingerprint density at radius 1 is 1.42 bits per heavy atom. The second kappa shape index (κ2) is 5.33. The Hall–Kier alpha value is -1.36. The molecule has 0 spiro atoms. The normalized spacial score (nSPS) is 27.8. The summed E-state index contributed by atoms with van der Waals surface area (Å²) >= 11 is 0. The smallest absolute Gasteiger partial charge is 0.237 e. The van der Waals surface area contributed by atoms with E-state index in [1.54, 1.807) is 0 Å². The van der Waals surface area contributed by atoms with Gasteiger partial charge in [0.1, 0.15) is 5.82 Å². The SMILES string of the molecule is CN1CCCC[C@H]1C(=O)N[C@@H]1CCc2nccn2C1.